The predicted molar refractivity (Wildman–Crippen MR) is 219 cm³/mol. The molecule has 0 aromatic rings. The van der Waals surface area contributed by atoms with E-state index in [1.54, 1.807) is 0 Å². The third kappa shape index (κ3) is 27.5. The molecule has 0 aromatic carbocycles. The molecule has 2 saturated heterocycles. The van der Waals surface area contributed by atoms with Crippen LogP contribution in [0.15, 0.2) is 0 Å². The molecule has 2 rings (SSSR count). The first-order chi connectivity index (χ1) is 23.8. The van der Waals surface area contributed by atoms with Crippen LogP contribution in [0.1, 0.15) is 155 Å². The van der Waals surface area contributed by atoms with Gasteiger partial charge < -0.3 is 28.1 Å². The molecule has 0 saturated carbocycles. The van der Waals surface area contributed by atoms with Gasteiger partial charge in [-0.1, -0.05) is 125 Å². The van der Waals surface area contributed by atoms with Crippen molar-refractivity contribution in [2.24, 2.45) is 0 Å². The highest BCUT2D eigenvalue weighted by Gasteiger charge is 2.17. The molecule has 2 aliphatic heterocycles. The molecular formula is C38H80N2O4S2Si2. The van der Waals surface area contributed by atoms with E-state index in [9.17, 15) is 0 Å². The van der Waals surface area contributed by atoms with E-state index in [1.807, 2.05) is 0 Å². The van der Waals surface area contributed by atoms with Gasteiger partial charge >= 0.3 is 0 Å². The second-order valence-electron chi connectivity index (χ2n) is 14.5. The third-order valence-corrected chi connectivity index (χ3v) is 16.8. The Kier molecular flexibility index (Phi) is 32.8. The van der Waals surface area contributed by atoms with Crippen LogP contribution in [0.5, 0.6) is 0 Å². The minimum absolute atomic E-state index is 0.0673. The first kappa shape index (κ1) is 45.1. The largest absolute Gasteiger partial charge is 0.355 e. The Morgan fingerprint density at radius 1 is 0.521 bits per heavy atom. The zero-order chi connectivity index (χ0) is 34.0. The van der Waals surface area contributed by atoms with Crippen LogP contribution in [0.25, 0.3) is 0 Å². The van der Waals surface area contributed by atoms with E-state index in [-0.39, 0.29) is 19.4 Å². The number of unbranched alkanes of at least 4 members (excludes halogenated alkanes) is 12. The summed E-state index contributed by atoms with van der Waals surface area (Å²) >= 11 is 0. The lowest BCUT2D eigenvalue weighted by Crippen LogP contribution is -2.35. The van der Waals surface area contributed by atoms with E-state index in [4.69, 9.17) is 18.9 Å². The minimum atomic E-state index is -0.0673. The van der Waals surface area contributed by atoms with Crippen molar-refractivity contribution in [3.63, 3.8) is 0 Å². The fraction of sp³-hybridized carbons (Fsp3) is 1.00. The van der Waals surface area contributed by atoms with Crippen LogP contribution in [-0.4, -0.2) is 105 Å². The molecule has 2 atom stereocenters. The van der Waals surface area contributed by atoms with E-state index in [0.29, 0.717) is 25.8 Å². The van der Waals surface area contributed by atoms with Gasteiger partial charge in [0.2, 0.25) is 0 Å². The summed E-state index contributed by atoms with van der Waals surface area (Å²) in [6, 6.07) is 2.89. The Bertz CT molecular complexity index is 622. The van der Waals surface area contributed by atoms with Crippen LogP contribution in [-0.2, 0) is 18.9 Å². The van der Waals surface area contributed by atoms with Gasteiger partial charge in [0.15, 0.2) is 0 Å². The molecule has 0 aliphatic carbocycles. The Balaban J connectivity index is 1.39. The summed E-state index contributed by atoms with van der Waals surface area (Å²) in [5.74, 6) is 2.58. The van der Waals surface area contributed by atoms with E-state index >= 15 is 0 Å². The number of ether oxygens (including phenoxy) is 4. The highest BCUT2D eigenvalue weighted by molar-refractivity contribution is 8.76. The van der Waals surface area contributed by atoms with Gasteiger partial charge in [-0.3, -0.25) is 0 Å². The second-order valence-corrected chi connectivity index (χ2v) is 21.3. The molecule has 2 fully saturated rings. The number of rotatable bonds is 31. The standard InChI is InChI=1S/C38H80N2O4S2Si2/c1-3-5-7-9-11-13-15-29-41-35-43-37-21-17-33-47-39(27-23-37)25-19-31-45-46-32-20-26-40-28-24-38(22-18-34-48-40)44-36-42-30-16-14-12-10-8-6-4-2/h37-38H,3-36,47-48H2,1-2H3. The van der Waals surface area contributed by atoms with E-state index in [2.05, 4.69) is 44.6 Å². The fourth-order valence-corrected chi connectivity index (χ4v) is 12.7. The number of nitrogens with zero attached hydrogens (tertiary/aromatic N) is 2. The zero-order valence-electron chi connectivity index (χ0n) is 32.0. The molecule has 0 aromatic heterocycles. The molecule has 6 nitrogen and oxygen atoms in total. The molecule has 0 spiro atoms. The van der Waals surface area contributed by atoms with Crippen molar-refractivity contribution >= 4 is 41.0 Å². The maximum Gasteiger partial charge on any atom is 0.147 e. The van der Waals surface area contributed by atoms with E-state index < -0.39 is 0 Å². The smallest absolute Gasteiger partial charge is 0.147 e. The first-order valence-corrected chi connectivity index (χ1v) is 26.6. The zero-order valence-corrected chi connectivity index (χ0v) is 36.4. The summed E-state index contributed by atoms with van der Waals surface area (Å²) in [5.41, 5.74) is 0. The van der Waals surface area contributed by atoms with E-state index in [1.165, 1.54) is 191 Å². The third-order valence-electron chi connectivity index (χ3n) is 10.1. The van der Waals surface area contributed by atoms with Crippen molar-refractivity contribution in [1.82, 2.24) is 9.13 Å². The van der Waals surface area contributed by atoms with Gasteiger partial charge in [-0.25, -0.2) is 0 Å². The van der Waals surface area contributed by atoms with Crippen LogP contribution in [0.3, 0.4) is 0 Å². The first-order valence-electron chi connectivity index (χ1n) is 20.9. The highest BCUT2D eigenvalue weighted by Crippen LogP contribution is 2.24. The molecule has 10 heteroatoms. The van der Waals surface area contributed by atoms with Crippen LogP contribution in [0.4, 0.5) is 0 Å². The lowest BCUT2D eigenvalue weighted by molar-refractivity contribution is -0.0956. The molecule has 48 heavy (non-hydrogen) atoms. The quantitative estimate of drug-likeness (QED) is 0.0301. The van der Waals surface area contributed by atoms with Crippen molar-refractivity contribution in [3.05, 3.63) is 0 Å². The fourth-order valence-electron chi connectivity index (χ4n) is 6.90. The SMILES string of the molecule is CCCCCCCCCOCOC1CCC[SiH2]N(CCCSSCCCN2CCC(OCOCCCCCCCCC)CCC[SiH2]2)CC1. The average Bonchev–Trinajstić information content (AvgIpc) is 3.07. The monoisotopic (exact) mass is 749 g/mol. The van der Waals surface area contributed by atoms with Gasteiger partial charge in [0.25, 0.3) is 0 Å². The maximum atomic E-state index is 6.16. The van der Waals surface area contributed by atoms with Crippen LogP contribution in [0.2, 0.25) is 12.1 Å². The molecule has 2 aliphatic rings. The molecule has 0 bridgehead atoms. The minimum Gasteiger partial charge on any atom is -0.355 e. The summed E-state index contributed by atoms with van der Waals surface area (Å²) in [6.45, 7) is 12.4. The van der Waals surface area contributed by atoms with Crippen molar-refractivity contribution in [2.45, 2.75) is 179 Å². The lowest BCUT2D eigenvalue weighted by Gasteiger charge is -2.28. The van der Waals surface area contributed by atoms with Gasteiger partial charge in [0.1, 0.15) is 13.6 Å². The average molecular weight is 749 g/mol. The Labute approximate surface area is 311 Å². The van der Waals surface area contributed by atoms with Gasteiger partial charge in [-0.15, -0.1) is 0 Å². The van der Waals surface area contributed by atoms with Crippen molar-refractivity contribution in [3.8, 4) is 0 Å². The van der Waals surface area contributed by atoms with Crippen LogP contribution >= 0.6 is 21.6 Å². The molecule has 2 unspecified atom stereocenters. The van der Waals surface area contributed by atoms with Gasteiger partial charge in [-0.05, 0) is 89.6 Å². The summed E-state index contributed by atoms with van der Waals surface area (Å²) < 4.78 is 29.6. The van der Waals surface area contributed by atoms with Crippen molar-refractivity contribution in [1.29, 1.82) is 0 Å². The lowest BCUT2D eigenvalue weighted by atomic mass is 10.1. The van der Waals surface area contributed by atoms with Crippen molar-refractivity contribution in [2.75, 3.05) is 64.5 Å². The number of hydrogen-bond donors (Lipinski definition) is 0. The topological polar surface area (TPSA) is 43.4 Å². The van der Waals surface area contributed by atoms with Crippen LogP contribution in [0, 0.1) is 0 Å². The number of hydrogen-bond acceptors (Lipinski definition) is 8. The normalized spacial score (nSPS) is 21.4. The van der Waals surface area contributed by atoms with E-state index in [0.717, 1.165) is 13.2 Å². The van der Waals surface area contributed by atoms with Gasteiger partial charge in [-0.2, -0.15) is 0 Å². The molecule has 0 N–H and O–H groups in total. The molecule has 286 valence electrons. The summed E-state index contributed by atoms with van der Waals surface area (Å²) in [5, 5.41) is 0. The predicted octanol–water partition coefficient (Wildman–Crippen LogP) is 9.34. The summed E-state index contributed by atoms with van der Waals surface area (Å²) in [6.07, 6.45) is 29.7. The Morgan fingerprint density at radius 2 is 0.938 bits per heavy atom. The highest BCUT2D eigenvalue weighted by atomic mass is 33.1. The van der Waals surface area contributed by atoms with Gasteiger partial charge in [0, 0.05) is 24.7 Å². The molecule has 2 heterocycles. The second kappa shape index (κ2) is 35.0. The molecule has 0 radical (unpaired) electrons. The maximum absolute atomic E-state index is 6.16. The molecule has 0 amide bonds. The summed E-state index contributed by atoms with van der Waals surface area (Å²) in [7, 11) is 4.09. The van der Waals surface area contributed by atoms with Crippen LogP contribution < -0.4 is 0 Å². The molecular weight excluding hydrogens is 669 g/mol. The summed E-state index contributed by atoms with van der Waals surface area (Å²) in [4.78, 5) is 0. The van der Waals surface area contributed by atoms with Crippen molar-refractivity contribution < 1.29 is 18.9 Å². The Morgan fingerprint density at radius 3 is 1.38 bits per heavy atom. The van der Waals surface area contributed by atoms with Gasteiger partial charge in [0.05, 0.1) is 31.6 Å². The Hall–Kier alpha value is 0.894.